The summed E-state index contributed by atoms with van der Waals surface area (Å²) in [6, 6.07) is 0. The molecule has 0 bridgehead atoms. The summed E-state index contributed by atoms with van der Waals surface area (Å²) in [5, 5.41) is 7.86. The molecular weight excluding hydrogens is 146 g/mol. The van der Waals surface area contributed by atoms with Crippen LogP contribution < -0.4 is 59.1 Å². The fraction of sp³-hybridized carbons (Fsp3) is 0.667. The first-order valence-corrected chi connectivity index (χ1v) is 2.23. The van der Waals surface area contributed by atoms with Crippen molar-refractivity contribution in [3.8, 4) is 0 Å². The normalized spacial score (nSPS) is 6.12. The first kappa shape index (κ1) is 16.4. The Balaban J connectivity index is -0.0000000208. The second-order valence-corrected chi connectivity index (χ2v) is 1.31. The van der Waals surface area contributed by atoms with Gasteiger partial charge in [-0.05, 0) is 0 Å². The molecule has 0 amide bonds. The van der Waals surface area contributed by atoms with Gasteiger partial charge >= 0.3 is 65.1 Å². The molecule has 0 spiro atoms. The summed E-state index contributed by atoms with van der Waals surface area (Å²) >= 11 is 3.68. The van der Waals surface area contributed by atoms with Gasteiger partial charge in [0.15, 0.2) is 0 Å². The van der Waals surface area contributed by atoms with E-state index in [9.17, 15) is 4.79 Å². The number of aliphatic carboxylic acids is 1. The van der Waals surface area contributed by atoms with Crippen LogP contribution in [0.25, 0.3) is 0 Å². The van der Waals surface area contributed by atoms with Crippen LogP contribution in [0.4, 0.5) is 0 Å². The number of hydrogen-bond donors (Lipinski definition) is 2. The molecule has 0 saturated carbocycles. The van der Waals surface area contributed by atoms with Crippen LogP contribution in [0.5, 0.6) is 0 Å². The minimum atomic E-state index is -0.787. The number of carbonyl (C=O) groups is 1. The Labute approximate surface area is 101 Å². The van der Waals surface area contributed by atoms with Gasteiger partial charge < -0.3 is 7.96 Å². The zero-order chi connectivity index (χ0) is 4.99. The first-order chi connectivity index (χ1) is 2.77. The van der Waals surface area contributed by atoms with Gasteiger partial charge in [-0.25, -0.2) is 0 Å². The quantitative estimate of drug-likeness (QED) is 0.308. The van der Waals surface area contributed by atoms with Crippen molar-refractivity contribution in [1.29, 1.82) is 0 Å². The Morgan fingerprint density at radius 2 is 2.00 bits per heavy atom. The number of carboxylic acid groups (broad SMARTS) is 1. The Hall–Kier alpha value is 1.82. The van der Waals surface area contributed by atoms with Gasteiger partial charge in [0.25, 0.3) is 0 Å². The van der Waals surface area contributed by atoms with E-state index in [0.29, 0.717) is 5.75 Å². The van der Waals surface area contributed by atoms with Crippen molar-refractivity contribution in [3.63, 3.8) is 0 Å². The molecule has 0 fully saturated rings. The van der Waals surface area contributed by atoms with Crippen molar-refractivity contribution in [2.24, 2.45) is 0 Å². The molecule has 0 aromatic rings. The summed E-state index contributed by atoms with van der Waals surface area (Å²) < 4.78 is 0. The van der Waals surface area contributed by atoms with Gasteiger partial charge in [0, 0.05) is 5.75 Å². The van der Waals surface area contributed by atoms with Gasteiger partial charge in [0.1, 0.15) is 0 Å². The van der Waals surface area contributed by atoms with Crippen molar-refractivity contribution >= 4 is 18.6 Å². The molecule has 0 rings (SSSR count). The molecule has 0 aliphatic rings. The standard InChI is InChI=1S/C3H6O2S.2Na.2H/c4-3(5)1-2-6;;;;/h6H,1-2H2,(H,4,5);;;;/q;2*+1;2*-1. The molecular formula is C3H8Na2O2S. The summed E-state index contributed by atoms with van der Waals surface area (Å²) in [7, 11) is 0. The molecule has 8 heavy (non-hydrogen) atoms. The Morgan fingerprint density at radius 1 is 1.62 bits per heavy atom. The molecule has 2 nitrogen and oxygen atoms in total. The van der Waals surface area contributed by atoms with Crippen LogP contribution in [0.2, 0.25) is 0 Å². The molecule has 0 aromatic carbocycles. The molecule has 0 aliphatic heterocycles. The van der Waals surface area contributed by atoms with Gasteiger partial charge in [0.05, 0.1) is 6.42 Å². The number of hydrogen-bond acceptors (Lipinski definition) is 2. The third kappa shape index (κ3) is 15.7. The second-order valence-electron chi connectivity index (χ2n) is 0.867. The SMILES string of the molecule is O=C(O)CCS.[H-].[H-].[Na+].[Na+]. The maximum atomic E-state index is 9.55. The molecule has 0 radical (unpaired) electrons. The number of carboxylic acids is 1. The zero-order valence-electron chi connectivity index (χ0n) is 7.22. The summed E-state index contributed by atoms with van der Waals surface area (Å²) in [6.45, 7) is 0. The summed E-state index contributed by atoms with van der Waals surface area (Å²) in [5.41, 5.74) is 0. The van der Waals surface area contributed by atoms with E-state index in [0.717, 1.165) is 0 Å². The minimum absolute atomic E-state index is 0. The van der Waals surface area contributed by atoms with Crippen LogP contribution in [0.1, 0.15) is 9.27 Å². The predicted molar refractivity (Wildman–Crippen MR) is 28.3 cm³/mol. The van der Waals surface area contributed by atoms with Crippen molar-refractivity contribution < 1.29 is 71.9 Å². The largest absolute Gasteiger partial charge is 1.00 e. The van der Waals surface area contributed by atoms with E-state index >= 15 is 0 Å². The second kappa shape index (κ2) is 11.6. The number of rotatable bonds is 2. The fourth-order valence-electron chi connectivity index (χ4n) is 0.0956. The average Bonchev–Trinajstić information content (AvgIpc) is 1.35. The van der Waals surface area contributed by atoms with Crippen LogP contribution in [0, 0.1) is 0 Å². The van der Waals surface area contributed by atoms with Gasteiger partial charge in [-0.3, -0.25) is 4.79 Å². The van der Waals surface area contributed by atoms with E-state index in [4.69, 9.17) is 5.11 Å². The minimum Gasteiger partial charge on any atom is -1.00 e. The third-order valence-corrected chi connectivity index (χ3v) is 0.549. The number of thiol groups is 1. The predicted octanol–water partition coefficient (Wildman–Crippen LogP) is -5.38. The van der Waals surface area contributed by atoms with Crippen molar-refractivity contribution in [2.45, 2.75) is 6.42 Å². The fourth-order valence-corrected chi connectivity index (χ4v) is 0.287. The smallest absolute Gasteiger partial charge is 1.00 e. The van der Waals surface area contributed by atoms with Crippen molar-refractivity contribution in [2.75, 3.05) is 5.75 Å². The van der Waals surface area contributed by atoms with Crippen LogP contribution in [0.3, 0.4) is 0 Å². The van der Waals surface area contributed by atoms with E-state index in [1.807, 2.05) is 0 Å². The zero-order valence-corrected chi connectivity index (χ0v) is 10.1. The van der Waals surface area contributed by atoms with Crippen molar-refractivity contribution in [3.05, 3.63) is 0 Å². The average molecular weight is 154 g/mol. The monoisotopic (exact) mass is 154 g/mol. The molecule has 5 heteroatoms. The Bertz CT molecular complexity index is 66.5. The molecule has 0 atom stereocenters. The van der Waals surface area contributed by atoms with Gasteiger partial charge in [-0.2, -0.15) is 12.6 Å². The van der Waals surface area contributed by atoms with Crippen LogP contribution in [-0.2, 0) is 4.79 Å². The third-order valence-electron chi connectivity index (χ3n) is 0.326. The van der Waals surface area contributed by atoms with Gasteiger partial charge in [-0.1, -0.05) is 0 Å². The van der Waals surface area contributed by atoms with E-state index in [1.54, 1.807) is 0 Å². The molecule has 0 aliphatic carbocycles. The van der Waals surface area contributed by atoms with Gasteiger partial charge in [-0.15, -0.1) is 0 Å². The van der Waals surface area contributed by atoms with Crippen LogP contribution in [-0.4, -0.2) is 16.8 Å². The van der Waals surface area contributed by atoms with E-state index in [1.165, 1.54) is 0 Å². The summed E-state index contributed by atoms with van der Waals surface area (Å²) in [4.78, 5) is 9.55. The topological polar surface area (TPSA) is 37.3 Å². The molecule has 0 saturated heterocycles. The summed E-state index contributed by atoms with van der Waals surface area (Å²) in [6.07, 6.45) is 0.156. The first-order valence-electron chi connectivity index (χ1n) is 1.60. The Morgan fingerprint density at radius 3 is 2.00 bits per heavy atom. The molecule has 0 aromatic heterocycles. The van der Waals surface area contributed by atoms with Crippen LogP contribution >= 0.6 is 12.6 Å². The maximum Gasteiger partial charge on any atom is 1.00 e. The molecule has 0 heterocycles. The van der Waals surface area contributed by atoms with Crippen molar-refractivity contribution in [1.82, 2.24) is 0 Å². The van der Waals surface area contributed by atoms with E-state index in [2.05, 4.69) is 12.6 Å². The molecule has 0 unspecified atom stereocenters. The van der Waals surface area contributed by atoms with Crippen LogP contribution in [0.15, 0.2) is 0 Å². The maximum absolute atomic E-state index is 9.55. The van der Waals surface area contributed by atoms with E-state index in [-0.39, 0.29) is 68.4 Å². The summed E-state index contributed by atoms with van der Waals surface area (Å²) in [5.74, 6) is -0.361. The van der Waals surface area contributed by atoms with E-state index < -0.39 is 5.97 Å². The molecule has 40 valence electrons. The van der Waals surface area contributed by atoms with Gasteiger partial charge in [0.2, 0.25) is 0 Å². The molecule has 1 N–H and O–H groups in total. The Kier molecular flexibility index (Phi) is 23.8.